The molecule has 1 heterocycles. The summed E-state index contributed by atoms with van der Waals surface area (Å²) in [7, 11) is -3.47. The molecular formula is C23H23FN2O3S. The lowest BCUT2D eigenvalue weighted by Crippen LogP contribution is -2.25. The molecule has 5 nitrogen and oxygen atoms in total. The van der Waals surface area contributed by atoms with Crippen LogP contribution in [-0.4, -0.2) is 23.8 Å². The van der Waals surface area contributed by atoms with Crippen molar-refractivity contribution in [3.63, 3.8) is 0 Å². The van der Waals surface area contributed by atoms with Crippen molar-refractivity contribution in [3.05, 3.63) is 66.1 Å². The summed E-state index contributed by atoms with van der Waals surface area (Å²) in [5.41, 5.74) is 2.21. The standard InChI is InChI=1S/C23H23FN2O3S/c24-16-1-6-21-20(13-16)19(9-12-25-21)15-7-10-23(11-8-15)14-22(23)30(28,29)26-17-2-4-18(27)5-3-17/h1-6,9,12-13,15,22,26-27H,7-8,10-11,14H2. The summed E-state index contributed by atoms with van der Waals surface area (Å²) in [6.45, 7) is 0. The van der Waals surface area contributed by atoms with Gasteiger partial charge in [0.2, 0.25) is 10.0 Å². The maximum atomic E-state index is 13.8. The van der Waals surface area contributed by atoms with Gasteiger partial charge in [-0.3, -0.25) is 9.71 Å². The molecule has 2 saturated carbocycles. The average molecular weight is 427 g/mol. The van der Waals surface area contributed by atoms with E-state index in [-0.39, 0.29) is 28.1 Å². The van der Waals surface area contributed by atoms with E-state index in [1.165, 1.54) is 18.2 Å². The van der Waals surface area contributed by atoms with Gasteiger partial charge in [-0.2, -0.15) is 0 Å². The summed E-state index contributed by atoms with van der Waals surface area (Å²) in [6, 6.07) is 12.7. The Hall–Kier alpha value is -2.67. The maximum Gasteiger partial charge on any atom is 0.236 e. The van der Waals surface area contributed by atoms with E-state index >= 15 is 0 Å². The number of nitrogens with zero attached hydrogens (tertiary/aromatic N) is 1. The van der Waals surface area contributed by atoms with Crippen LogP contribution >= 0.6 is 0 Å². The van der Waals surface area contributed by atoms with Gasteiger partial charge in [-0.05, 0) is 97.5 Å². The van der Waals surface area contributed by atoms with Crippen LogP contribution < -0.4 is 4.72 Å². The minimum absolute atomic E-state index is 0.0997. The van der Waals surface area contributed by atoms with Crippen LogP contribution in [0.1, 0.15) is 43.6 Å². The molecule has 2 fully saturated rings. The average Bonchev–Trinajstić information content (AvgIpc) is 3.44. The Morgan fingerprint density at radius 2 is 1.80 bits per heavy atom. The van der Waals surface area contributed by atoms with Gasteiger partial charge >= 0.3 is 0 Å². The molecule has 0 saturated heterocycles. The summed E-state index contributed by atoms with van der Waals surface area (Å²) in [5, 5.41) is 9.84. The zero-order chi connectivity index (χ0) is 20.9. The monoisotopic (exact) mass is 426 g/mol. The van der Waals surface area contributed by atoms with Crippen LogP contribution in [0.2, 0.25) is 0 Å². The molecule has 30 heavy (non-hydrogen) atoms. The number of phenols is 1. The predicted octanol–water partition coefficient (Wildman–Crippen LogP) is 4.94. The van der Waals surface area contributed by atoms with Gasteiger partial charge in [-0.1, -0.05) is 0 Å². The quantitative estimate of drug-likeness (QED) is 0.579. The zero-order valence-electron chi connectivity index (χ0n) is 16.4. The number of aromatic hydroxyl groups is 1. The van der Waals surface area contributed by atoms with Gasteiger partial charge in [0.1, 0.15) is 11.6 Å². The van der Waals surface area contributed by atoms with Gasteiger partial charge in [0, 0.05) is 17.3 Å². The van der Waals surface area contributed by atoms with Gasteiger partial charge in [0.25, 0.3) is 0 Å². The Kier molecular flexibility index (Phi) is 4.47. The van der Waals surface area contributed by atoms with E-state index < -0.39 is 10.0 Å². The summed E-state index contributed by atoms with van der Waals surface area (Å²) < 4.78 is 42.2. The molecule has 5 rings (SSSR count). The van der Waals surface area contributed by atoms with Crippen LogP contribution in [0.25, 0.3) is 10.9 Å². The van der Waals surface area contributed by atoms with Crippen molar-refractivity contribution >= 4 is 26.6 Å². The number of aromatic nitrogens is 1. The first-order chi connectivity index (χ1) is 14.4. The summed E-state index contributed by atoms with van der Waals surface area (Å²) in [6.07, 6.45) is 5.92. The van der Waals surface area contributed by atoms with E-state index in [0.29, 0.717) is 12.1 Å². The van der Waals surface area contributed by atoms with Crippen LogP contribution in [0.5, 0.6) is 5.75 Å². The Labute approximate surface area is 175 Å². The number of hydrogen-bond acceptors (Lipinski definition) is 4. The molecule has 2 aliphatic rings. The Morgan fingerprint density at radius 3 is 2.53 bits per heavy atom. The molecule has 1 atom stereocenters. The van der Waals surface area contributed by atoms with Crippen LogP contribution in [0.15, 0.2) is 54.7 Å². The number of phenolic OH excluding ortho intramolecular Hbond substituents is 1. The van der Waals surface area contributed by atoms with Crippen molar-refractivity contribution in [3.8, 4) is 5.75 Å². The number of anilines is 1. The number of pyridine rings is 1. The fourth-order valence-electron chi connectivity index (χ4n) is 5.04. The van der Waals surface area contributed by atoms with Gasteiger partial charge in [-0.15, -0.1) is 0 Å². The van der Waals surface area contributed by atoms with Crippen molar-refractivity contribution in [1.82, 2.24) is 4.98 Å². The molecule has 2 N–H and O–H groups in total. The molecule has 0 aliphatic heterocycles. The highest BCUT2D eigenvalue weighted by Crippen LogP contribution is 2.61. The van der Waals surface area contributed by atoms with Crippen molar-refractivity contribution in [2.75, 3.05) is 4.72 Å². The van der Waals surface area contributed by atoms with E-state index in [2.05, 4.69) is 9.71 Å². The molecule has 1 spiro atoms. The van der Waals surface area contributed by atoms with E-state index in [1.54, 1.807) is 30.5 Å². The molecule has 0 amide bonds. The largest absolute Gasteiger partial charge is 0.508 e. The first-order valence-corrected chi connectivity index (χ1v) is 11.8. The highest BCUT2D eigenvalue weighted by atomic mass is 32.2. The molecule has 156 valence electrons. The molecule has 1 aromatic heterocycles. The minimum Gasteiger partial charge on any atom is -0.508 e. The predicted molar refractivity (Wildman–Crippen MR) is 114 cm³/mol. The first kappa shape index (κ1) is 19.3. The smallest absolute Gasteiger partial charge is 0.236 e. The van der Waals surface area contributed by atoms with Crippen LogP contribution in [-0.2, 0) is 10.0 Å². The Balaban J connectivity index is 1.30. The molecule has 0 radical (unpaired) electrons. The highest BCUT2D eigenvalue weighted by molar-refractivity contribution is 7.93. The second-order valence-corrected chi connectivity index (χ2v) is 10.4. The lowest BCUT2D eigenvalue weighted by molar-refractivity contribution is 0.307. The van der Waals surface area contributed by atoms with Crippen molar-refractivity contribution in [2.45, 2.75) is 43.3 Å². The second kappa shape index (κ2) is 6.94. The van der Waals surface area contributed by atoms with Crippen molar-refractivity contribution in [1.29, 1.82) is 0 Å². The maximum absolute atomic E-state index is 13.8. The first-order valence-electron chi connectivity index (χ1n) is 10.2. The van der Waals surface area contributed by atoms with Crippen molar-refractivity contribution in [2.24, 2.45) is 5.41 Å². The van der Waals surface area contributed by atoms with Gasteiger partial charge in [0.15, 0.2) is 0 Å². The number of hydrogen-bond donors (Lipinski definition) is 2. The van der Waals surface area contributed by atoms with Crippen LogP contribution in [0.3, 0.4) is 0 Å². The number of benzene rings is 2. The zero-order valence-corrected chi connectivity index (χ0v) is 17.2. The molecule has 7 heteroatoms. The second-order valence-electron chi connectivity index (χ2n) is 8.59. The highest BCUT2D eigenvalue weighted by Gasteiger charge is 2.61. The lowest BCUT2D eigenvalue weighted by atomic mass is 9.76. The van der Waals surface area contributed by atoms with Gasteiger partial charge < -0.3 is 5.11 Å². The number of rotatable bonds is 4. The molecular weight excluding hydrogens is 403 g/mol. The molecule has 3 aromatic rings. The third-order valence-corrected chi connectivity index (χ3v) is 8.71. The molecule has 2 aromatic carbocycles. The Morgan fingerprint density at radius 1 is 1.07 bits per heavy atom. The molecule has 1 unspecified atom stereocenters. The summed E-state index contributed by atoms with van der Waals surface area (Å²) in [4.78, 5) is 4.34. The van der Waals surface area contributed by atoms with Crippen LogP contribution in [0, 0.1) is 11.2 Å². The number of nitrogens with one attached hydrogen (secondary N) is 1. The fourth-order valence-corrected chi connectivity index (χ4v) is 7.09. The summed E-state index contributed by atoms with van der Waals surface area (Å²) in [5.74, 6) is 0.123. The summed E-state index contributed by atoms with van der Waals surface area (Å²) >= 11 is 0. The van der Waals surface area contributed by atoms with Gasteiger partial charge in [-0.25, -0.2) is 12.8 Å². The molecule has 0 bridgehead atoms. The number of fused-ring (bicyclic) bond motifs is 1. The van der Waals surface area contributed by atoms with Crippen LogP contribution in [0.4, 0.5) is 10.1 Å². The van der Waals surface area contributed by atoms with E-state index in [1.807, 2.05) is 6.07 Å². The molecule has 2 aliphatic carbocycles. The third kappa shape index (κ3) is 3.41. The van der Waals surface area contributed by atoms with E-state index in [9.17, 15) is 17.9 Å². The number of halogens is 1. The van der Waals surface area contributed by atoms with E-state index in [0.717, 1.165) is 42.1 Å². The fraction of sp³-hybridized carbons (Fsp3) is 0.348. The third-order valence-electron chi connectivity index (χ3n) is 6.78. The Bertz CT molecular complexity index is 1200. The number of sulfonamides is 1. The van der Waals surface area contributed by atoms with Gasteiger partial charge in [0.05, 0.1) is 10.8 Å². The SMILES string of the molecule is O=S(=O)(Nc1ccc(O)cc1)C1CC12CCC(c1ccnc3ccc(F)cc13)CC2. The van der Waals surface area contributed by atoms with E-state index in [4.69, 9.17) is 0 Å². The minimum atomic E-state index is -3.47. The topological polar surface area (TPSA) is 79.3 Å². The van der Waals surface area contributed by atoms with Crippen molar-refractivity contribution < 1.29 is 17.9 Å². The normalized spacial score (nSPS) is 26.0. The lowest BCUT2D eigenvalue weighted by Gasteiger charge is -2.30.